The maximum atomic E-state index is 11.8. The van der Waals surface area contributed by atoms with E-state index >= 15 is 0 Å². The number of amides is 1. The Kier molecular flexibility index (Phi) is 3.61. The average Bonchev–Trinajstić information content (AvgIpc) is 3.19. The second kappa shape index (κ2) is 5.71. The van der Waals surface area contributed by atoms with E-state index in [-0.39, 0.29) is 11.6 Å². The number of ether oxygens (including phenoxy) is 1. The van der Waals surface area contributed by atoms with Crippen molar-refractivity contribution in [2.75, 3.05) is 12.4 Å². The van der Waals surface area contributed by atoms with Crippen molar-refractivity contribution in [1.82, 2.24) is 15.4 Å². The van der Waals surface area contributed by atoms with E-state index in [0.717, 1.165) is 11.3 Å². The third-order valence-electron chi connectivity index (χ3n) is 2.65. The Morgan fingerprint density at radius 2 is 2.05 bits per heavy atom. The molecule has 0 saturated heterocycles. The van der Waals surface area contributed by atoms with Crippen molar-refractivity contribution >= 4 is 22.4 Å². The molecule has 0 radical (unpaired) electrons. The van der Waals surface area contributed by atoms with Gasteiger partial charge in [0.25, 0.3) is 5.91 Å². The number of methoxy groups -OCH3 is 1. The fourth-order valence-electron chi connectivity index (χ4n) is 1.61. The first-order valence-corrected chi connectivity index (χ1v) is 6.77. The molecular weight excluding hydrogens is 292 g/mol. The average molecular weight is 302 g/mol. The molecular formula is C13H10N4O3S. The van der Waals surface area contributed by atoms with Crippen molar-refractivity contribution in [1.29, 1.82) is 0 Å². The summed E-state index contributed by atoms with van der Waals surface area (Å²) in [5.41, 5.74) is 1.09. The van der Waals surface area contributed by atoms with Crippen LogP contribution in [0.3, 0.4) is 0 Å². The van der Waals surface area contributed by atoms with E-state index in [1.807, 2.05) is 24.3 Å². The fraction of sp³-hybridized carbons (Fsp3) is 0.0769. The molecule has 0 aliphatic heterocycles. The van der Waals surface area contributed by atoms with E-state index in [2.05, 4.69) is 25.2 Å². The molecule has 1 N–H and O–H groups in total. The van der Waals surface area contributed by atoms with Crippen LogP contribution in [0.4, 0.5) is 5.13 Å². The third-order valence-corrected chi connectivity index (χ3v) is 3.54. The first-order valence-electron chi connectivity index (χ1n) is 5.96. The van der Waals surface area contributed by atoms with Gasteiger partial charge in [0.15, 0.2) is 5.69 Å². The predicted octanol–water partition coefficient (Wildman–Crippen LogP) is 2.45. The van der Waals surface area contributed by atoms with Crippen LogP contribution in [0.1, 0.15) is 10.5 Å². The molecule has 8 heteroatoms. The van der Waals surface area contributed by atoms with Crippen molar-refractivity contribution in [2.45, 2.75) is 0 Å². The van der Waals surface area contributed by atoms with Crippen LogP contribution in [-0.4, -0.2) is 28.4 Å². The lowest BCUT2D eigenvalue weighted by atomic mass is 10.2. The summed E-state index contributed by atoms with van der Waals surface area (Å²) < 4.78 is 9.71. The molecule has 3 aromatic rings. The van der Waals surface area contributed by atoms with Gasteiger partial charge in [-0.25, -0.2) is 0 Å². The third kappa shape index (κ3) is 2.90. The largest absolute Gasteiger partial charge is 0.497 e. The summed E-state index contributed by atoms with van der Waals surface area (Å²) >= 11 is 1.27. The lowest BCUT2D eigenvalue weighted by molar-refractivity contribution is 0.101. The predicted molar refractivity (Wildman–Crippen MR) is 76.4 cm³/mol. The van der Waals surface area contributed by atoms with E-state index < -0.39 is 0 Å². The minimum Gasteiger partial charge on any atom is -0.497 e. The maximum absolute atomic E-state index is 11.8. The van der Waals surface area contributed by atoms with E-state index in [1.54, 1.807) is 7.11 Å². The molecule has 0 fully saturated rings. The van der Waals surface area contributed by atoms with Crippen molar-refractivity contribution in [3.05, 3.63) is 42.3 Å². The lowest BCUT2D eigenvalue weighted by Crippen LogP contribution is -2.11. The Hall–Kier alpha value is -2.74. The standard InChI is InChI=1S/C13H10N4O3S/c1-19-9-4-2-8(3-5-9)12-15-16-13(21-12)14-11(18)10-6-7-20-17-10/h2-7H,1H3,(H,14,16,18). The molecule has 0 spiro atoms. The summed E-state index contributed by atoms with van der Waals surface area (Å²) in [7, 11) is 1.61. The minimum atomic E-state index is -0.388. The highest BCUT2D eigenvalue weighted by Crippen LogP contribution is 2.27. The number of aromatic nitrogens is 3. The smallest absolute Gasteiger partial charge is 0.279 e. The molecule has 0 saturated carbocycles. The Balaban J connectivity index is 1.75. The molecule has 7 nitrogen and oxygen atoms in total. The van der Waals surface area contributed by atoms with Crippen LogP contribution >= 0.6 is 11.3 Å². The molecule has 0 bridgehead atoms. The summed E-state index contributed by atoms with van der Waals surface area (Å²) in [6.07, 6.45) is 1.33. The molecule has 106 valence electrons. The molecule has 1 aromatic carbocycles. The van der Waals surface area contributed by atoms with Crippen LogP contribution < -0.4 is 10.1 Å². The van der Waals surface area contributed by atoms with Crippen molar-refractivity contribution in [3.63, 3.8) is 0 Å². The normalized spacial score (nSPS) is 10.3. The van der Waals surface area contributed by atoms with Gasteiger partial charge in [-0.3, -0.25) is 10.1 Å². The molecule has 0 atom stereocenters. The maximum Gasteiger partial charge on any atom is 0.279 e. The molecule has 2 heterocycles. The van der Waals surface area contributed by atoms with E-state index in [9.17, 15) is 4.79 Å². The Morgan fingerprint density at radius 1 is 1.24 bits per heavy atom. The highest BCUT2D eigenvalue weighted by molar-refractivity contribution is 7.18. The molecule has 2 aromatic heterocycles. The van der Waals surface area contributed by atoms with Gasteiger partial charge in [-0.2, -0.15) is 0 Å². The van der Waals surface area contributed by atoms with Crippen LogP contribution in [0, 0.1) is 0 Å². The summed E-state index contributed by atoms with van der Waals surface area (Å²) in [5, 5.41) is 15.2. The number of benzene rings is 1. The highest BCUT2D eigenvalue weighted by Gasteiger charge is 2.13. The van der Waals surface area contributed by atoms with Gasteiger partial charge in [0.2, 0.25) is 5.13 Å². The second-order valence-corrected chi connectivity index (χ2v) is 4.96. The lowest BCUT2D eigenvalue weighted by Gasteiger charge is -1.99. The number of hydrogen-bond acceptors (Lipinski definition) is 7. The van der Waals surface area contributed by atoms with Gasteiger partial charge < -0.3 is 9.26 Å². The van der Waals surface area contributed by atoms with Gasteiger partial charge in [0.05, 0.1) is 7.11 Å². The Labute approximate surface area is 123 Å². The molecule has 0 aliphatic rings. The van der Waals surface area contributed by atoms with Crippen LogP contribution in [0.2, 0.25) is 0 Å². The van der Waals surface area contributed by atoms with Crippen LogP contribution in [0.25, 0.3) is 10.6 Å². The quantitative estimate of drug-likeness (QED) is 0.796. The highest BCUT2D eigenvalue weighted by atomic mass is 32.1. The Morgan fingerprint density at radius 3 is 2.71 bits per heavy atom. The zero-order valence-electron chi connectivity index (χ0n) is 10.9. The minimum absolute atomic E-state index is 0.191. The fourth-order valence-corrected chi connectivity index (χ4v) is 2.36. The Bertz CT molecular complexity index is 737. The van der Waals surface area contributed by atoms with Gasteiger partial charge in [-0.15, -0.1) is 10.2 Å². The molecule has 0 unspecified atom stereocenters. The number of anilines is 1. The summed E-state index contributed by atoms with van der Waals surface area (Å²) in [4.78, 5) is 11.8. The number of rotatable bonds is 4. The van der Waals surface area contributed by atoms with Crippen LogP contribution in [-0.2, 0) is 0 Å². The number of carbonyl (C=O) groups is 1. The summed E-state index contributed by atoms with van der Waals surface area (Å²) in [6, 6.07) is 8.90. The molecule has 1 amide bonds. The zero-order chi connectivity index (χ0) is 14.7. The monoisotopic (exact) mass is 302 g/mol. The van der Waals surface area contributed by atoms with E-state index in [0.29, 0.717) is 10.1 Å². The SMILES string of the molecule is COc1ccc(-c2nnc(NC(=O)c3ccon3)s2)cc1. The van der Waals surface area contributed by atoms with E-state index in [4.69, 9.17) is 4.74 Å². The molecule has 21 heavy (non-hydrogen) atoms. The topological polar surface area (TPSA) is 90.1 Å². The van der Waals surface area contributed by atoms with Gasteiger partial charge >= 0.3 is 0 Å². The first-order chi connectivity index (χ1) is 10.3. The van der Waals surface area contributed by atoms with Crippen LogP contribution in [0.15, 0.2) is 41.1 Å². The number of nitrogens with zero attached hydrogens (tertiary/aromatic N) is 3. The summed E-state index contributed by atoms with van der Waals surface area (Å²) in [6.45, 7) is 0. The van der Waals surface area contributed by atoms with Gasteiger partial charge in [0.1, 0.15) is 17.0 Å². The van der Waals surface area contributed by atoms with Gasteiger partial charge in [0, 0.05) is 11.6 Å². The number of hydrogen-bond donors (Lipinski definition) is 1. The first kappa shape index (κ1) is 13.3. The van der Waals surface area contributed by atoms with Crippen LogP contribution in [0.5, 0.6) is 5.75 Å². The van der Waals surface area contributed by atoms with Crippen molar-refractivity contribution in [2.24, 2.45) is 0 Å². The molecule has 3 rings (SSSR count). The van der Waals surface area contributed by atoms with Crippen molar-refractivity contribution in [3.8, 4) is 16.3 Å². The summed E-state index contributed by atoms with van der Waals surface area (Å²) in [5.74, 6) is 0.379. The number of carbonyl (C=O) groups excluding carboxylic acids is 1. The van der Waals surface area contributed by atoms with Gasteiger partial charge in [-0.05, 0) is 24.3 Å². The van der Waals surface area contributed by atoms with Gasteiger partial charge in [-0.1, -0.05) is 16.5 Å². The van der Waals surface area contributed by atoms with Crippen molar-refractivity contribution < 1.29 is 14.1 Å². The second-order valence-electron chi connectivity index (χ2n) is 3.98. The zero-order valence-corrected chi connectivity index (χ0v) is 11.8. The van der Waals surface area contributed by atoms with E-state index in [1.165, 1.54) is 23.7 Å². The molecule has 0 aliphatic carbocycles. The number of nitrogens with one attached hydrogen (secondary N) is 1.